The van der Waals surface area contributed by atoms with Gasteiger partial charge in [-0.3, -0.25) is 10.1 Å². The van der Waals surface area contributed by atoms with Crippen LogP contribution in [0.1, 0.15) is 13.8 Å². The van der Waals surface area contributed by atoms with Gasteiger partial charge < -0.3 is 5.11 Å². The normalized spacial score (nSPS) is 11.7. The van der Waals surface area contributed by atoms with E-state index in [-0.39, 0.29) is 5.92 Å². The Morgan fingerprint density at radius 2 is 2.09 bits per heavy atom. The van der Waals surface area contributed by atoms with E-state index < -0.39 is 16.6 Å². The molecule has 0 radical (unpaired) electrons. The van der Waals surface area contributed by atoms with Crippen LogP contribution in [0.3, 0.4) is 0 Å². The molecule has 5 heteroatoms. The molecular weight excluding hydrogens is 150 g/mol. The van der Waals surface area contributed by atoms with Crippen molar-refractivity contribution in [1.29, 1.82) is 0 Å². The number of carboxylic acids is 1. The summed E-state index contributed by atoms with van der Waals surface area (Å²) in [5.74, 6) is -1.63. The van der Waals surface area contributed by atoms with E-state index in [4.69, 9.17) is 5.11 Å². The van der Waals surface area contributed by atoms with Crippen LogP contribution in [0.4, 0.5) is 0 Å². The maximum Gasteiger partial charge on any atom is 0.407 e. The Hall–Kier alpha value is -1.39. The van der Waals surface area contributed by atoms with Crippen LogP contribution in [-0.4, -0.2) is 16.0 Å². The molecule has 5 nitrogen and oxygen atoms in total. The lowest BCUT2D eigenvalue weighted by atomic mass is 10.2. The van der Waals surface area contributed by atoms with Crippen LogP contribution in [0.2, 0.25) is 0 Å². The van der Waals surface area contributed by atoms with Crippen molar-refractivity contribution in [3.63, 3.8) is 0 Å². The lowest BCUT2D eigenvalue weighted by Crippen LogP contribution is -2.11. The summed E-state index contributed by atoms with van der Waals surface area (Å²) in [7, 11) is 0. The molecule has 11 heavy (non-hydrogen) atoms. The molecule has 62 valence electrons. The third-order valence-corrected chi connectivity index (χ3v) is 0.907. The standard InChI is InChI=1S/C6H9NO4/c1-4(2)3-5(6(8)9)7(10)11/h3-4H,1-2H3,(H,8,9)/b5-3-. The van der Waals surface area contributed by atoms with E-state index in [9.17, 15) is 14.9 Å². The number of hydrogen-bond donors (Lipinski definition) is 1. The van der Waals surface area contributed by atoms with E-state index >= 15 is 0 Å². The zero-order chi connectivity index (χ0) is 9.02. The van der Waals surface area contributed by atoms with Gasteiger partial charge in [-0.15, -0.1) is 0 Å². The SMILES string of the molecule is CC(C)/C=C(/C(=O)O)[N+](=O)[O-]. The van der Waals surface area contributed by atoms with Crippen molar-refractivity contribution in [2.45, 2.75) is 13.8 Å². The third-order valence-electron chi connectivity index (χ3n) is 0.907. The number of hydrogen-bond acceptors (Lipinski definition) is 3. The Bertz CT molecular complexity index is 191. The van der Waals surface area contributed by atoms with Gasteiger partial charge in [0.05, 0.1) is 4.92 Å². The second-order valence-corrected chi connectivity index (χ2v) is 2.36. The van der Waals surface area contributed by atoms with Gasteiger partial charge in [0, 0.05) is 6.08 Å². The van der Waals surface area contributed by atoms with E-state index in [0.29, 0.717) is 0 Å². The molecule has 0 bridgehead atoms. The average Bonchev–Trinajstić information content (AvgIpc) is 1.81. The minimum absolute atomic E-state index is 0.133. The summed E-state index contributed by atoms with van der Waals surface area (Å²) in [6.45, 7) is 3.35. The fourth-order valence-corrected chi connectivity index (χ4v) is 0.526. The molecule has 0 atom stereocenters. The molecule has 0 heterocycles. The van der Waals surface area contributed by atoms with E-state index in [1.165, 1.54) is 0 Å². The number of aliphatic carboxylic acids is 1. The van der Waals surface area contributed by atoms with E-state index in [0.717, 1.165) is 6.08 Å². The second kappa shape index (κ2) is 3.70. The predicted molar refractivity (Wildman–Crippen MR) is 37.6 cm³/mol. The number of nitro groups is 1. The van der Waals surface area contributed by atoms with Gasteiger partial charge in [-0.05, 0) is 5.92 Å². The van der Waals surface area contributed by atoms with Gasteiger partial charge in [-0.2, -0.15) is 0 Å². The first-order valence-electron chi connectivity index (χ1n) is 3.04. The molecule has 1 N–H and O–H groups in total. The predicted octanol–water partition coefficient (Wildman–Crippen LogP) is 0.888. The second-order valence-electron chi connectivity index (χ2n) is 2.36. The van der Waals surface area contributed by atoms with Crippen molar-refractivity contribution in [2.75, 3.05) is 0 Å². The monoisotopic (exact) mass is 159 g/mol. The quantitative estimate of drug-likeness (QED) is 0.376. The number of carbonyl (C=O) groups is 1. The molecule has 0 aliphatic heterocycles. The maximum atomic E-state index is 10.2. The molecule has 0 aromatic heterocycles. The van der Waals surface area contributed by atoms with E-state index in [1.54, 1.807) is 13.8 Å². The Morgan fingerprint density at radius 3 is 2.18 bits per heavy atom. The van der Waals surface area contributed by atoms with Crippen molar-refractivity contribution in [3.8, 4) is 0 Å². The van der Waals surface area contributed by atoms with Crippen LogP contribution in [0.5, 0.6) is 0 Å². The molecule has 0 aromatic carbocycles. The molecule has 0 aliphatic carbocycles. The Kier molecular flexibility index (Phi) is 3.23. The van der Waals surface area contributed by atoms with Crippen LogP contribution in [0.15, 0.2) is 11.8 Å². The average molecular weight is 159 g/mol. The van der Waals surface area contributed by atoms with Gasteiger partial charge in [-0.1, -0.05) is 13.8 Å². The van der Waals surface area contributed by atoms with Crippen LogP contribution in [0.25, 0.3) is 0 Å². The van der Waals surface area contributed by atoms with Gasteiger partial charge in [0.15, 0.2) is 0 Å². The summed E-state index contributed by atoms with van der Waals surface area (Å²) in [6, 6.07) is 0. The largest absolute Gasteiger partial charge is 0.473 e. The molecular formula is C6H9NO4. The first-order chi connectivity index (χ1) is 4.95. The minimum atomic E-state index is -1.50. The smallest absolute Gasteiger partial charge is 0.407 e. The Morgan fingerprint density at radius 1 is 1.64 bits per heavy atom. The zero-order valence-corrected chi connectivity index (χ0v) is 6.27. The van der Waals surface area contributed by atoms with E-state index in [2.05, 4.69) is 0 Å². The maximum absolute atomic E-state index is 10.2. The highest BCUT2D eigenvalue weighted by molar-refractivity contribution is 5.83. The van der Waals surface area contributed by atoms with Crippen LogP contribution in [0, 0.1) is 16.0 Å². The van der Waals surface area contributed by atoms with Crippen molar-refractivity contribution >= 4 is 5.97 Å². The highest BCUT2D eigenvalue weighted by Gasteiger charge is 2.20. The lowest BCUT2D eigenvalue weighted by Gasteiger charge is -1.94. The van der Waals surface area contributed by atoms with Gasteiger partial charge >= 0.3 is 11.7 Å². The van der Waals surface area contributed by atoms with E-state index in [1.807, 2.05) is 0 Å². The highest BCUT2D eigenvalue weighted by atomic mass is 16.6. The molecule has 0 unspecified atom stereocenters. The summed E-state index contributed by atoms with van der Waals surface area (Å²) < 4.78 is 0. The molecule has 0 amide bonds. The van der Waals surface area contributed by atoms with Crippen LogP contribution < -0.4 is 0 Å². The molecule has 0 fully saturated rings. The van der Waals surface area contributed by atoms with Crippen molar-refractivity contribution < 1.29 is 14.8 Å². The molecule has 0 saturated carbocycles. The Labute approximate surface area is 63.5 Å². The number of rotatable bonds is 3. The summed E-state index contributed by atoms with van der Waals surface area (Å²) in [6.07, 6.45) is 1.10. The molecule has 0 saturated heterocycles. The summed E-state index contributed by atoms with van der Waals surface area (Å²) in [4.78, 5) is 19.3. The summed E-state index contributed by atoms with van der Waals surface area (Å²) in [5.41, 5.74) is -0.764. The van der Waals surface area contributed by atoms with Gasteiger partial charge in [-0.25, -0.2) is 4.79 Å². The van der Waals surface area contributed by atoms with Crippen LogP contribution in [-0.2, 0) is 4.79 Å². The first-order valence-corrected chi connectivity index (χ1v) is 3.04. The third kappa shape index (κ3) is 3.34. The topological polar surface area (TPSA) is 80.4 Å². The van der Waals surface area contributed by atoms with Gasteiger partial charge in [0.25, 0.3) is 0 Å². The lowest BCUT2D eigenvalue weighted by molar-refractivity contribution is -0.421. The van der Waals surface area contributed by atoms with Crippen molar-refractivity contribution in [1.82, 2.24) is 0 Å². The molecule has 0 aromatic rings. The van der Waals surface area contributed by atoms with Crippen LogP contribution >= 0.6 is 0 Å². The Balaban J connectivity index is 4.60. The summed E-state index contributed by atoms with van der Waals surface area (Å²) >= 11 is 0. The van der Waals surface area contributed by atoms with Crippen molar-refractivity contribution in [2.24, 2.45) is 5.92 Å². The first kappa shape index (κ1) is 9.61. The molecule has 0 aliphatic rings. The van der Waals surface area contributed by atoms with Gasteiger partial charge in [0.1, 0.15) is 0 Å². The highest BCUT2D eigenvalue weighted by Crippen LogP contribution is 2.02. The molecule has 0 spiro atoms. The molecule has 0 rings (SSSR count). The number of nitrogens with zero attached hydrogens (tertiary/aromatic N) is 1. The zero-order valence-electron chi connectivity index (χ0n) is 6.27. The minimum Gasteiger partial charge on any atom is -0.473 e. The fourth-order valence-electron chi connectivity index (χ4n) is 0.526. The van der Waals surface area contributed by atoms with Crippen molar-refractivity contribution in [3.05, 3.63) is 21.9 Å². The fraction of sp³-hybridized carbons (Fsp3) is 0.500. The van der Waals surface area contributed by atoms with Gasteiger partial charge in [0.2, 0.25) is 0 Å². The summed E-state index contributed by atoms with van der Waals surface area (Å²) in [5, 5.41) is 18.3. The number of carboxylic acid groups (broad SMARTS) is 1. The number of allylic oxidation sites excluding steroid dienone is 1.